The molecule has 2 aromatic rings. The third-order valence-corrected chi connectivity index (χ3v) is 4.38. The fourth-order valence-electron chi connectivity index (χ4n) is 3.12. The number of amides is 1. The van der Waals surface area contributed by atoms with E-state index >= 15 is 0 Å². The predicted molar refractivity (Wildman–Crippen MR) is 94.6 cm³/mol. The van der Waals surface area contributed by atoms with Gasteiger partial charge >= 0.3 is 6.36 Å². The average molecular weight is 379 g/mol. The molecule has 1 fully saturated rings. The molecule has 1 N–H and O–H groups in total. The number of nitrogens with zero attached hydrogens (tertiary/aromatic N) is 2. The van der Waals surface area contributed by atoms with Crippen molar-refractivity contribution in [2.24, 2.45) is 5.92 Å². The van der Waals surface area contributed by atoms with Crippen LogP contribution in [-0.2, 0) is 0 Å². The molecule has 1 atom stereocenters. The summed E-state index contributed by atoms with van der Waals surface area (Å²) in [5, 5.41) is 2.94. The normalized spacial score (nSPS) is 17.4. The van der Waals surface area contributed by atoms with E-state index in [0.717, 1.165) is 25.6 Å². The van der Waals surface area contributed by atoms with E-state index in [2.05, 4.69) is 15.0 Å². The topological polar surface area (TPSA) is 54.5 Å². The first-order valence-corrected chi connectivity index (χ1v) is 8.71. The molecule has 1 saturated heterocycles. The summed E-state index contributed by atoms with van der Waals surface area (Å²) >= 11 is 0. The van der Waals surface area contributed by atoms with E-state index in [-0.39, 0.29) is 17.6 Å². The molecule has 1 unspecified atom stereocenters. The van der Waals surface area contributed by atoms with Gasteiger partial charge in [-0.1, -0.05) is 18.2 Å². The number of benzene rings is 1. The van der Waals surface area contributed by atoms with Crippen LogP contribution in [0, 0.1) is 5.92 Å². The summed E-state index contributed by atoms with van der Waals surface area (Å²) in [6, 6.07) is 11.8. The molecule has 3 rings (SSSR count). The standard InChI is InChI=1S/C19H20F3N3O2/c20-19(21,22)27-16-8-9-17(23-12-16)25-10-4-5-14(13-25)11-24-18(26)15-6-2-1-3-7-15/h1-3,6-9,12,14H,4-5,10-11,13H2,(H,24,26). The number of carbonyl (C=O) groups excluding carboxylic acids is 1. The van der Waals surface area contributed by atoms with Crippen molar-refractivity contribution in [3.05, 3.63) is 54.2 Å². The van der Waals surface area contributed by atoms with Gasteiger partial charge < -0.3 is 15.0 Å². The Kier molecular flexibility index (Phi) is 5.83. The maximum atomic E-state index is 12.2. The quantitative estimate of drug-likeness (QED) is 0.862. The number of nitrogens with one attached hydrogen (secondary N) is 1. The van der Waals surface area contributed by atoms with Gasteiger partial charge in [-0.25, -0.2) is 4.98 Å². The number of hydrogen-bond donors (Lipinski definition) is 1. The Bertz CT molecular complexity index is 751. The summed E-state index contributed by atoms with van der Waals surface area (Å²) in [5.41, 5.74) is 0.618. The summed E-state index contributed by atoms with van der Waals surface area (Å²) in [6.07, 6.45) is -1.75. The zero-order valence-electron chi connectivity index (χ0n) is 14.6. The number of aromatic nitrogens is 1. The van der Waals surface area contributed by atoms with Gasteiger partial charge in [0, 0.05) is 25.2 Å². The number of hydrogen-bond acceptors (Lipinski definition) is 4. The van der Waals surface area contributed by atoms with E-state index in [1.165, 1.54) is 12.1 Å². The lowest BCUT2D eigenvalue weighted by Crippen LogP contribution is -2.41. The molecule has 0 spiro atoms. The first kappa shape index (κ1) is 19.0. The monoisotopic (exact) mass is 379 g/mol. The Balaban J connectivity index is 1.54. The molecule has 144 valence electrons. The summed E-state index contributed by atoms with van der Waals surface area (Å²) in [5.74, 6) is 0.400. The summed E-state index contributed by atoms with van der Waals surface area (Å²) in [7, 11) is 0. The second-order valence-electron chi connectivity index (χ2n) is 6.43. The molecule has 1 aromatic heterocycles. The zero-order valence-corrected chi connectivity index (χ0v) is 14.6. The van der Waals surface area contributed by atoms with Crippen molar-refractivity contribution in [2.75, 3.05) is 24.5 Å². The number of anilines is 1. The Morgan fingerprint density at radius 3 is 2.67 bits per heavy atom. The summed E-state index contributed by atoms with van der Waals surface area (Å²) in [6.45, 7) is 2.00. The molecule has 1 aromatic carbocycles. The Morgan fingerprint density at radius 1 is 1.22 bits per heavy atom. The molecule has 8 heteroatoms. The first-order valence-electron chi connectivity index (χ1n) is 8.71. The smallest absolute Gasteiger partial charge is 0.404 e. The highest BCUT2D eigenvalue weighted by molar-refractivity contribution is 5.94. The minimum absolute atomic E-state index is 0.112. The minimum atomic E-state index is -4.73. The fraction of sp³-hybridized carbons (Fsp3) is 0.368. The van der Waals surface area contributed by atoms with Crippen LogP contribution in [-0.4, -0.2) is 36.9 Å². The second kappa shape index (κ2) is 8.28. The molecule has 2 heterocycles. The Morgan fingerprint density at radius 2 is 2.00 bits per heavy atom. The molecule has 5 nitrogen and oxygen atoms in total. The van der Waals surface area contributed by atoms with E-state index in [1.54, 1.807) is 12.1 Å². The molecule has 1 aliphatic rings. The summed E-state index contributed by atoms with van der Waals surface area (Å²) < 4.78 is 40.5. The lowest BCUT2D eigenvalue weighted by atomic mass is 9.98. The molecular formula is C19H20F3N3O2. The number of ether oxygens (including phenoxy) is 1. The molecule has 1 aliphatic heterocycles. The molecule has 0 bridgehead atoms. The van der Waals surface area contributed by atoms with Gasteiger partial charge in [0.05, 0.1) is 6.20 Å². The number of alkyl halides is 3. The van der Waals surface area contributed by atoms with Crippen LogP contribution in [0.15, 0.2) is 48.7 Å². The van der Waals surface area contributed by atoms with Crippen LogP contribution in [0.25, 0.3) is 0 Å². The van der Waals surface area contributed by atoms with Crippen molar-refractivity contribution in [3.63, 3.8) is 0 Å². The largest absolute Gasteiger partial charge is 0.573 e. The van der Waals surface area contributed by atoms with Gasteiger partial charge in [-0.2, -0.15) is 0 Å². The van der Waals surface area contributed by atoms with Gasteiger partial charge in [0.2, 0.25) is 0 Å². The van der Waals surface area contributed by atoms with Crippen LogP contribution in [0.2, 0.25) is 0 Å². The first-order chi connectivity index (χ1) is 12.9. The van der Waals surface area contributed by atoms with E-state index in [4.69, 9.17) is 0 Å². The van der Waals surface area contributed by atoms with Crippen molar-refractivity contribution < 1.29 is 22.7 Å². The Hall–Kier alpha value is -2.77. The third kappa shape index (κ3) is 5.60. The van der Waals surface area contributed by atoms with Gasteiger partial charge in [-0.05, 0) is 43.0 Å². The molecule has 27 heavy (non-hydrogen) atoms. The van der Waals surface area contributed by atoms with Crippen LogP contribution in [0.5, 0.6) is 5.75 Å². The average Bonchev–Trinajstić information content (AvgIpc) is 2.66. The van der Waals surface area contributed by atoms with Crippen LogP contribution < -0.4 is 15.0 Å². The maximum absolute atomic E-state index is 12.2. The lowest BCUT2D eigenvalue weighted by molar-refractivity contribution is -0.274. The highest BCUT2D eigenvalue weighted by Crippen LogP contribution is 2.25. The number of piperidine rings is 1. The van der Waals surface area contributed by atoms with Gasteiger partial charge in [0.15, 0.2) is 0 Å². The van der Waals surface area contributed by atoms with Crippen molar-refractivity contribution in [1.82, 2.24) is 10.3 Å². The van der Waals surface area contributed by atoms with Crippen molar-refractivity contribution in [3.8, 4) is 5.75 Å². The molecular weight excluding hydrogens is 359 g/mol. The van der Waals surface area contributed by atoms with Gasteiger partial charge in [0.25, 0.3) is 5.91 Å². The number of pyridine rings is 1. The lowest BCUT2D eigenvalue weighted by Gasteiger charge is -2.33. The van der Waals surface area contributed by atoms with Gasteiger partial charge in [-0.3, -0.25) is 4.79 Å². The fourth-order valence-corrected chi connectivity index (χ4v) is 3.12. The second-order valence-corrected chi connectivity index (χ2v) is 6.43. The van der Waals surface area contributed by atoms with Crippen molar-refractivity contribution in [1.29, 1.82) is 0 Å². The van der Waals surface area contributed by atoms with E-state index in [1.807, 2.05) is 23.1 Å². The van der Waals surface area contributed by atoms with E-state index < -0.39 is 6.36 Å². The highest BCUT2D eigenvalue weighted by atomic mass is 19.4. The van der Waals surface area contributed by atoms with Gasteiger partial charge in [-0.15, -0.1) is 13.2 Å². The van der Waals surface area contributed by atoms with Crippen LogP contribution in [0.3, 0.4) is 0 Å². The molecule has 1 amide bonds. The van der Waals surface area contributed by atoms with Crippen molar-refractivity contribution in [2.45, 2.75) is 19.2 Å². The zero-order chi connectivity index (χ0) is 19.3. The number of halogens is 3. The SMILES string of the molecule is O=C(NCC1CCCN(c2ccc(OC(F)(F)F)cn2)C1)c1ccccc1. The third-order valence-electron chi connectivity index (χ3n) is 4.38. The van der Waals surface area contributed by atoms with E-state index in [0.29, 0.717) is 24.5 Å². The molecule has 0 aliphatic carbocycles. The van der Waals surface area contributed by atoms with Crippen LogP contribution in [0.1, 0.15) is 23.2 Å². The predicted octanol–water partition coefficient (Wildman–Crippen LogP) is 3.63. The highest BCUT2D eigenvalue weighted by Gasteiger charge is 2.31. The van der Waals surface area contributed by atoms with Crippen LogP contribution in [0.4, 0.5) is 19.0 Å². The maximum Gasteiger partial charge on any atom is 0.573 e. The number of carbonyl (C=O) groups is 1. The molecule has 0 saturated carbocycles. The van der Waals surface area contributed by atoms with Crippen molar-refractivity contribution >= 4 is 11.7 Å². The van der Waals surface area contributed by atoms with E-state index in [9.17, 15) is 18.0 Å². The number of rotatable bonds is 5. The Labute approximate surface area is 155 Å². The minimum Gasteiger partial charge on any atom is -0.404 e. The summed E-state index contributed by atoms with van der Waals surface area (Å²) in [4.78, 5) is 18.2. The van der Waals surface area contributed by atoms with Gasteiger partial charge in [0.1, 0.15) is 11.6 Å². The van der Waals surface area contributed by atoms with Crippen LogP contribution >= 0.6 is 0 Å². The molecule has 0 radical (unpaired) electrons.